The van der Waals surface area contributed by atoms with E-state index in [1.54, 1.807) is 12.1 Å². The van der Waals surface area contributed by atoms with E-state index in [2.05, 4.69) is 20.8 Å². The van der Waals surface area contributed by atoms with Gasteiger partial charge in [0.1, 0.15) is 10.8 Å². The number of rotatable bonds is 7. The lowest BCUT2D eigenvalue weighted by molar-refractivity contribution is 0.0697. The molecule has 1 aromatic heterocycles. The summed E-state index contributed by atoms with van der Waals surface area (Å²) in [6, 6.07) is 13.2. The van der Waals surface area contributed by atoms with Crippen LogP contribution in [0.5, 0.6) is 5.75 Å². The number of carboxylic acid groups (broad SMARTS) is 1. The van der Waals surface area contributed by atoms with E-state index in [1.165, 1.54) is 30.3 Å². The Morgan fingerprint density at radius 3 is 2.69 bits per heavy atom. The summed E-state index contributed by atoms with van der Waals surface area (Å²) in [4.78, 5) is 48.4. The molecule has 12 heteroatoms. The van der Waals surface area contributed by atoms with E-state index in [4.69, 9.17) is 10.00 Å². The number of benzene rings is 2. The summed E-state index contributed by atoms with van der Waals surface area (Å²) in [6.07, 6.45) is 0. The Labute approximate surface area is 202 Å². The van der Waals surface area contributed by atoms with Crippen LogP contribution in [0.1, 0.15) is 47.1 Å². The van der Waals surface area contributed by atoms with Crippen LogP contribution in [-0.2, 0) is 0 Å². The van der Waals surface area contributed by atoms with Crippen LogP contribution in [0.25, 0.3) is 0 Å². The van der Waals surface area contributed by atoms with Crippen LogP contribution in [0, 0.1) is 11.3 Å². The number of aromatic carboxylic acids is 1. The molecule has 2 amide bonds. The standard InChI is InChI=1S/C23H15N5O6S/c24-9-12-1-3-16(14(7-12)23(32)33)26-22(31)17-4-6-20(28-27-17)35-10-18(29)13-2-5-19-15(8-13)21(30)25-11-34-19/h1-8H,10-11H2,(H,25,30)(H,26,31)(H,32,33). The maximum Gasteiger partial charge on any atom is 0.337 e. The monoisotopic (exact) mass is 489 g/mol. The first-order valence-corrected chi connectivity index (χ1v) is 11.0. The van der Waals surface area contributed by atoms with Crippen molar-refractivity contribution in [3.63, 3.8) is 0 Å². The maximum atomic E-state index is 12.5. The second kappa shape index (κ2) is 10.0. The minimum Gasteiger partial charge on any atom is -0.478 e. The lowest BCUT2D eigenvalue weighted by Gasteiger charge is -2.17. The Kier molecular flexibility index (Phi) is 6.70. The highest BCUT2D eigenvalue weighted by molar-refractivity contribution is 7.99. The van der Waals surface area contributed by atoms with Gasteiger partial charge in [0, 0.05) is 5.56 Å². The number of ether oxygens (including phenoxy) is 1. The maximum absolute atomic E-state index is 12.5. The Balaban J connectivity index is 1.39. The predicted molar refractivity (Wildman–Crippen MR) is 123 cm³/mol. The predicted octanol–water partition coefficient (Wildman–Crippen LogP) is 2.35. The number of hydrogen-bond donors (Lipinski definition) is 3. The van der Waals surface area contributed by atoms with E-state index < -0.39 is 11.9 Å². The first-order chi connectivity index (χ1) is 16.9. The van der Waals surface area contributed by atoms with Crippen LogP contribution in [0.4, 0.5) is 5.69 Å². The number of nitriles is 1. The molecule has 0 saturated heterocycles. The number of carboxylic acids is 1. The number of aromatic nitrogens is 2. The SMILES string of the molecule is N#Cc1ccc(NC(=O)c2ccc(SCC(=O)c3ccc4c(c3)C(=O)NCO4)nn2)c(C(=O)O)c1. The van der Waals surface area contributed by atoms with Crippen LogP contribution in [0.15, 0.2) is 53.6 Å². The molecule has 1 aliphatic heterocycles. The molecule has 4 rings (SSSR count). The molecule has 3 aromatic rings. The molecular formula is C23H15N5O6S. The summed E-state index contributed by atoms with van der Waals surface area (Å²) < 4.78 is 5.31. The van der Waals surface area contributed by atoms with Crippen molar-refractivity contribution in [1.82, 2.24) is 15.5 Å². The van der Waals surface area contributed by atoms with Gasteiger partial charge in [-0.1, -0.05) is 11.8 Å². The zero-order valence-electron chi connectivity index (χ0n) is 17.8. The summed E-state index contributed by atoms with van der Waals surface area (Å²) >= 11 is 1.10. The van der Waals surface area contributed by atoms with E-state index in [0.29, 0.717) is 16.3 Å². The van der Waals surface area contributed by atoms with Gasteiger partial charge in [-0.2, -0.15) is 5.26 Å². The topological polar surface area (TPSA) is 171 Å². The van der Waals surface area contributed by atoms with Crippen molar-refractivity contribution in [3.05, 3.63) is 76.5 Å². The molecule has 0 fully saturated rings. The molecule has 0 unspecified atom stereocenters. The van der Waals surface area contributed by atoms with Gasteiger partial charge in [-0.3, -0.25) is 14.4 Å². The lowest BCUT2D eigenvalue weighted by Crippen LogP contribution is -2.33. The van der Waals surface area contributed by atoms with E-state index in [1.807, 2.05) is 6.07 Å². The highest BCUT2D eigenvalue weighted by Gasteiger charge is 2.20. The van der Waals surface area contributed by atoms with Crippen molar-refractivity contribution in [2.24, 2.45) is 0 Å². The number of ketones is 1. The van der Waals surface area contributed by atoms with Gasteiger partial charge >= 0.3 is 5.97 Å². The average Bonchev–Trinajstić information content (AvgIpc) is 2.87. The smallest absolute Gasteiger partial charge is 0.337 e. The Hall–Kier alpha value is -4.76. The number of fused-ring (bicyclic) bond motifs is 1. The van der Waals surface area contributed by atoms with Crippen molar-refractivity contribution < 1.29 is 29.0 Å². The van der Waals surface area contributed by atoms with E-state index >= 15 is 0 Å². The molecule has 1 aliphatic rings. The van der Waals surface area contributed by atoms with Crippen molar-refractivity contribution in [2.45, 2.75) is 5.03 Å². The highest BCUT2D eigenvalue weighted by atomic mass is 32.2. The number of nitrogens with zero attached hydrogens (tertiary/aromatic N) is 3. The van der Waals surface area contributed by atoms with Crippen molar-refractivity contribution in [1.29, 1.82) is 5.26 Å². The van der Waals surface area contributed by atoms with Gasteiger partial charge in [-0.15, -0.1) is 10.2 Å². The van der Waals surface area contributed by atoms with Gasteiger partial charge in [0.05, 0.1) is 34.2 Å². The van der Waals surface area contributed by atoms with Gasteiger partial charge in [-0.25, -0.2) is 4.79 Å². The second-order valence-electron chi connectivity index (χ2n) is 7.11. The number of anilines is 1. The number of carbonyl (C=O) groups is 4. The molecule has 0 bridgehead atoms. The normalized spacial score (nSPS) is 11.9. The van der Waals surface area contributed by atoms with Crippen LogP contribution in [0.3, 0.4) is 0 Å². The Morgan fingerprint density at radius 2 is 1.97 bits per heavy atom. The second-order valence-corrected chi connectivity index (χ2v) is 8.10. The summed E-state index contributed by atoms with van der Waals surface area (Å²) in [7, 11) is 0. The largest absolute Gasteiger partial charge is 0.478 e. The molecule has 0 aliphatic carbocycles. The molecule has 35 heavy (non-hydrogen) atoms. The van der Waals surface area contributed by atoms with Crippen LogP contribution < -0.4 is 15.4 Å². The van der Waals surface area contributed by atoms with Crippen LogP contribution in [0.2, 0.25) is 0 Å². The van der Waals surface area contributed by atoms with E-state index in [9.17, 15) is 24.3 Å². The molecule has 0 radical (unpaired) electrons. The van der Waals surface area contributed by atoms with Gasteiger partial charge < -0.3 is 20.5 Å². The molecule has 3 N–H and O–H groups in total. The van der Waals surface area contributed by atoms with Crippen LogP contribution >= 0.6 is 11.8 Å². The average molecular weight is 489 g/mol. The number of nitrogens with one attached hydrogen (secondary N) is 2. The molecule has 2 heterocycles. The summed E-state index contributed by atoms with van der Waals surface area (Å²) in [5.74, 6) is -2.10. The summed E-state index contributed by atoms with van der Waals surface area (Å²) in [6.45, 7) is 0.0792. The molecule has 0 spiro atoms. The lowest BCUT2D eigenvalue weighted by atomic mass is 10.1. The fourth-order valence-corrected chi connectivity index (χ4v) is 3.82. The third-order valence-electron chi connectivity index (χ3n) is 4.86. The highest BCUT2D eigenvalue weighted by Crippen LogP contribution is 2.24. The first kappa shape index (κ1) is 23.4. The molecular weight excluding hydrogens is 474 g/mol. The Bertz CT molecular complexity index is 1400. The minimum atomic E-state index is -1.30. The number of Topliss-reactive ketones (excluding diaryl/α,β-unsaturated/α-hetero) is 1. The molecule has 174 valence electrons. The number of carbonyl (C=O) groups excluding carboxylic acids is 3. The minimum absolute atomic E-state index is 0.0106. The van der Waals surface area contributed by atoms with E-state index in [-0.39, 0.29) is 52.2 Å². The van der Waals surface area contributed by atoms with Gasteiger partial charge in [-0.05, 0) is 48.5 Å². The van der Waals surface area contributed by atoms with Gasteiger partial charge in [0.25, 0.3) is 11.8 Å². The quantitative estimate of drug-likeness (QED) is 0.330. The van der Waals surface area contributed by atoms with E-state index in [0.717, 1.165) is 17.8 Å². The van der Waals surface area contributed by atoms with Gasteiger partial charge in [0.2, 0.25) is 0 Å². The van der Waals surface area contributed by atoms with Gasteiger partial charge in [0.15, 0.2) is 18.2 Å². The molecule has 0 saturated carbocycles. The third-order valence-corrected chi connectivity index (χ3v) is 5.78. The van der Waals surface area contributed by atoms with Crippen molar-refractivity contribution in [3.8, 4) is 11.8 Å². The van der Waals surface area contributed by atoms with Crippen molar-refractivity contribution in [2.75, 3.05) is 17.8 Å². The summed E-state index contributed by atoms with van der Waals surface area (Å²) in [5.41, 5.74) is 0.483. The third kappa shape index (κ3) is 5.26. The fraction of sp³-hybridized carbons (Fsp3) is 0.0870. The first-order valence-electron chi connectivity index (χ1n) is 9.99. The number of hydrogen-bond acceptors (Lipinski definition) is 9. The Morgan fingerprint density at radius 1 is 1.14 bits per heavy atom. The van der Waals surface area contributed by atoms with Crippen LogP contribution in [-0.4, -0.2) is 51.4 Å². The number of amides is 2. The van der Waals surface area contributed by atoms with Crippen molar-refractivity contribution >= 4 is 41.0 Å². The zero-order valence-corrected chi connectivity index (χ0v) is 18.6. The zero-order chi connectivity index (χ0) is 24.9. The molecule has 0 atom stereocenters. The summed E-state index contributed by atoms with van der Waals surface area (Å²) in [5, 5.41) is 31.4. The fourth-order valence-electron chi connectivity index (χ4n) is 3.11. The molecule has 2 aromatic carbocycles. The number of thioether (sulfide) groups is 1. The molecule has 11 nitrogen and oxygen atoms in total.